The third kappa shape index (κ3) is 2.94. The molecule has 1 aliphatic heterocycles. The Morgan fingerprint density at radius 3 is 2.87 bits per heavy atom. The van der Waals surface area contributed by atoms with Gasteiger partial charge in [0.2, 0.25) is 5.76 Å². The summed E-state index contributed by atoms with van der Waals surface area (Å²) in [6, 6.07) is 7.35. The summed E-state index contributed by atoms with van der Waals surface area (Å²) in [5, 5.41) is 10.1. The third-order valence-corrected chi connectivity index (χ3v) is 4.12. The molecule has 0 radical (unpaired) electrons. The van der Waals surface area contributed by atoms with E-state index in [0.717, 1.165) is 11.3 Å². The van der Waals surface area contributed by atoms with Gasteiger partial charge in [-0.3, -0.25) is 4.79 Å². The van der Waals surface area contributed by atoms with E-state index < -0.39 is 6.10 Å². The molecule has 23 heavy (non-hydrogen) atoms. The summed E-state index contributed by atoms with van der Waals surface area (Å²) in [6.45, 7) is 3.73. The molecule has 0 aliphatic carbocycles. The summed E-state index contributed by atoms with van der Waals surface area (Å²) >= 11 is 0. The zero-order valence-electron chi connectivity index (χ0n) is 13.4. The normalized spacial score (nSPS) is 20.8. The summed E-state index contributed by atoms with van der Waals surface area (Å²) in [5.74, 6) is 1.18. The van der Waals surface area contributed by atoms with Crippen LogP contribution >= 0.6 is 0 Å². The van der Waals surface area contributed by atoms with E-state index in [9.17, 15) is 9.90 Å². The second kappa shape index (κ2) is 6.04. The van der Waals surface area contributed by atoms with E-state index in [1.807, 2.05) is 24.3 Å². The number of benzene rings is 1. The van der Waals surface area contributed by atoms with Crippen molar-refractivity contribution in [2.24, 2.45) is 0 Å². The van der Waals surface area contributed by atoms with Crippen LogP contribution in [0.3, 0.4) is 0 Å². The fourth-order valence-corrected chi connectivity index (χ4v) is 3.06. The molecule has 6 heteroatoms. The van der Waals surface area contributed by atoms with Gasteiger partial charge in [0, 0.05) is 13.5 Å². The van der Waals surface area contributed by atoms with Crippen molar-refractivity contribution >= 4 is 5.91 Å². The number of aliphatic hydroxyl groups is 1. The fourth-order valence-electron chi connectivity index (χ4n) is 3.06. The molecule has 6 nitrogen and oxygen atoms in total. The van der Waals surface area contributed by atoms with E-state index in [1.54, 1.807) is 25.9 Å². The van der Waals surface area contributed by atoms with Crippen molar-refractivity contribution in [2.75, 3.05) is 13.7 Å². The van der Waals surface area contributed by atoms with Gasteiger partial charge in [-0.1, -0.05) is 12.1 Å². The Hall–Kier alpha value is -2.34. The van der Waals surface area contributed by atoms with Crippen molar-refractivity contribution in [1.82, 2.24) is 9.88 Å². The van der Waals surface area contributed by atoms with Crippen LogP contribution in [0.25, 0.3) is 0 Å². The van der Waals surface area contributed by atoms with Crippen LogP contribution in [-0.2, 0) is 0 Å². The molecule has 0 spiro atoms. The van der Waals surface area contributed by atoms with E-state index in [0.29, 0.717) is 18.0 Å². The third-order valence-electron chi connectivity index (χ3n) is 4.12. The summed E-state index contributed by atoms with van der Waals surface area (Å²) in [5.41, 5.74) is 1.50. The van der Waals surface area contributed by atoms with Crippen LogP contribution in [0.4, 0.5) is 0 Å². The van der Waals surface area contributed by atoms with E-state index >= 15 is 0 Å². The van der Waals surface area contributed by atoms with E-state index in [2.05, 4.69) is 4.98 Å². The number of carbonyl (C=O) groups excluding carboxylic acids is 1. The average molecular weight is 316 g/mol. The zero-order valence-corrected chi connectivity index (χ0v) is 13.4. The molecular weight excluding hydrogens is 296 g/mol. The minimum Gasteiger partial charge on any atom is -0.497 e. The van der Waals surface area contributed by atoms with Crippen LogP contribution in [0.15, 0.2) is 28.7 Å². The second-order valence-electron chi connectivity index (χ2n) is 5.79. The van der Waals surface area contributed by atoms with Crippen LogP contribution < -0.4 is 4.74 Å². The minimum atomic E-state index is -0.556. The number of aliphatic hydroxyl groups excluding tert-OH is 1. The van der Waals surface area contributed by atoms with Crippen molar-refractivity contribution in [2.45, 2.75) is 32.4 Å². The van der Waals surface area contributed by atoms with Gasteiger partial charge in [-0.25, -0.2) is 4.98 Å². The van der Waals surface area contributed by atoms with E-state index in [4.69, 9.17) is 9.15 Å². The van der Waals surface area contributed by atoms with Gasteiger partial charge in [0.15, 0.2) is 5.89 Å². The Bertz CT molecular complexity index is 725. The quantitative estimate of drug-likeness (QED) is 0.940. The number of hydrogen-bond donors (Lipinski definition) is 1. The van der Waals surface area contributed by atoms with E-state index in [1.165, 1.54) is 0 Å². The molecule has 1 saturated heterocycles. The summed E-state index contributed by atoms with van der Waals surface area (Å²) in [7, 11) is 1.60. The summed E-state index contributed by atoms with van der Waals surface area (Å²) < 4.78 is 10.7. The number of oxazole rings is 1. The molecule has 1 aromatic carbocycles. The SMILES string of the molecule is COc1cccc([C@@H]2C[C@@H](O)CN2C(=O)c2oc(C)nc2C)c1. The van der Waals surface area contributed by atoms with Gasteiger partial charge in [-0.15, -0.1) is 0 Å². The molecule has 2 heterocycles. The first-order valence-electron chi connectivity index (χ1n) is 7.56. The highest BCUT2D eigenvalue weighted by Crippen LogP contribution is 2.35. The highest BCUT2D eigenvalue weighted by Gasteiger charge is 2.37. The molecule has 1 N–H and O–H groups in total. The maximum Gasteiger partial charge on any atom is 0.292 e. The molecule has 3 rings (SSSR count). The number of nitrogens with zero attached hydrogens (tertiary/aromatic N) is 2. The first kappa shape index (κ1) is 15.6. The molecule has 0 bridgehead atoms. The Morgan fingerprint density at radius 2 is 2.22 bits per heavy atom. The van der Waals surface area contributed by atoms with Gasteiger partial charge in [0.1, 0.15) is 5.75 Å². The highest BCUT2D eigenvalue weighted by atomic mass is 16.5. The maximum absolute atomic E-state index is 12.8. The van der Waals surface area contributed by atoms with Gasteiger partial charge >= 0.3 is 0 Å². The lowest BCUT2D eigenvalue weighted by atomic mass is 10.0. The largest absolute Gasteiger partial charge is 0.497 e. The first-order chi connectivity index (χ1) is 11.0. The lowest BCUT2D eigenvalue weighted by molar-refractivity contribution is 0.0681. The van der Waals surface area contributed by atoms with Crippen molar-refractivity contribution in [3.63, 3.8) is 0 Å². The standard InChI is InChI=1S/C17H20N2O4/c1-10-16(23-11(2)18-10)17(21)19-9-13(20)8-15(19)12-5-4-6-14(7-12)22-3/h4-7,13,15,20H,8-9H2,1-3H3/t13-,15+/m1/s1. The molecule has 2 aromatic rings. The monoisotopic (exact) mass is 316 g/mol. The molecule has 0 saturated carbocycles. The molecule has 0 unspecified atom stereocenters. The van der Waals surface area contributed by atoms with Gasteiger partial charge in [0.05, 0.1) is 24.9 Å². The molecule has 1 aliphatic rings. The number of hydrogen-bond acceptors (Lipinski definition) is 5. The smallest absolute Gasteiger partial charge is 0.292 e. The van der Waals surface area contributed by atoms with Crippen LogP contribution in [0.1, 0.15) is 40.2 Å². The fraction of sp³-hybridized carbons (Fsp3) is 0.412. The van der Waals surface area contributed by atoms with Crippen LogP contribution in [0.5, 0.6) is 5.75 Å². The Morgan fingerprint density at radius 1 is 1.43 bits per heavy atom. The number of aromatic nitrogens is 1. The number of aryl methyl sites for hydroxylation is 2. The van der Waals surface area contributed by atoms with Crippen LogP contribution in [0, 0.1) is 13.8 Å². The topological polar surface area (TPSA) is 75.8 Å². The number of β-amino-alcohol motifs (C(OH)–C–C–N with tert-alkyl or cyclic N) is 1. The number of carbonyl (C=O) groups is 1. The van der Waals surface area contributed by atoms with Crippen molar-refractivity contribution in [3.05, 3.63) is 47.2 Å². The number of likely N-dealkylation sites (tertiary alicyclic amines) is 1. The number of amides is 1. The zero-order chi connectivity index (χ0) is 16.6. The number of rotatable bonds is 3. The lowest BCUT2D eigenvalue weighted by Crippen LogP contribution is -2.32. The molecular formula is C17H20N2O4. The van der Waals surface area contributed by atoms with Crippen LogP contribution in [0.2, 0.25) is 0 Å². The van der Waals surface area contributed by atoms with Crippen molar-refractivity contribution in [1.29, 1.82) is 0 Å². The number of methoxy groups -OCH3 is 1. The van der Waals surface area contributed by atoms with Crippen LogP contribution in [-0.4, -0.2) is 40.7 Å². The lowest BCUT2D eigenvalue weighted by Gasteiger charge is -2.24. The molecule has 2 atom stereocenters. The Labute approximate surface area is 134 Å². The summed E-state index contributed by atoms with van der Waals surface area (Å²) in [4.78, 5) is 18.6. The van der Waals surface area contributed by atoms with Gasteiger partial charge in [-0.2, -0.15) is 0 Å². The second-order valence-corrected chi connectivity index (χ2v) is 5.79. The number of ether oxygens (including phenoxy) is 1. The average Bonchev–Trinajstić information content (AvgIpc) is 3.09. The summed E-state index contributed by atoms with van der Waals surface area (Å²) in [6.07, 6.45) is -0.0649. The Balaban J connectivity index is 1.93. The van der Waals surface area contributed by atoms with Gasteiger partial charge < -0.3 is 19.2 Å². The minimum absolute atomic E-state index is 0.211. The first-order valence-corrected chi connectivity index (χ1v) is 7.56. The predicted octanol–water partition coefficient (Wildman–Crippen LogP) is 2.25. The molecule has 1 aromatic heterocycles. The molecule has 122 valence electrons. The Kier molecular flexibility index (Phi) is 4.09. The highest BCUT2D eigenvalue weighted by molar-refractivity contribution is 5.93. The maximum atomic E-state index is 12.8. The predicted molar refractivity (Wildman–Crippen MR) is 83.4 cm³/mol. The van der Waals surface area contributed by atoms with E-state index in [-0.39, 0.29) is 24.3 Å². The van der Waals surface area contributed by atoms with Crippen molar-refractivity contribution in [3.8, 4) is 5.75 Å². The van der Waals surface area contributed by atoms with Gasteiger partial charge in [-0.05, 0) is 31.0 Å². The van der Waals surface area contributed by atoms with Crippen molar-refractivity contribution < 1.29 is 19.1 Å². The molecule has 1 amide bonds. The molecule has 1 fully saturated rings. The van der Waals surface area contributed by atoms with Gasteiger partial charge in [0.25, 0.3) is 5.91 Å².